The SMILES string of the molecule is CCOC(=O)C1(c2ccccc2)CCCCC1=O. The summed E-state index contributed by atoms with van der Waals surface area (Å²) in [4.78, 5) is 24.6. The van der Waals surface area contributed by atoms with Gasteiger partial charge in [0.2, 0.25) is 0 Å². The summed E-state index contributed by atoms with van der Waals surface area (Å²) in [5.74, 6) is -0.390. The summed E-state index contributed by atoms with van der Waals surface area (Å²) in [7, 11) is 0. The van der Waals surface area contributed by atoms with Gasteiger partial charge in [0, 0.05) is 6.42 Å². The lowest BCUT2D eigenvalue weighted by molar-refractivity contribution is -0.155. The lowest BCUT2D eigenvalue weighted by Crippen LogP contribution is -2.46. The van der Waals surface area contributed by atoms with Crippen molar-refractivity contribution < 1.29 is 14.3 Å². The second kappa shape index (κ2) is 5.34. The Morgan fingerprint density at radius 3 is 2.61 bits per heavy atom. The molecule has 0 spiro atoms. The van der Waals surface area contributed by atoms with Crippen LogP contribution in [0.1, 0.15) is 38.2 Å². The van der Waals surface area contributed by atoms with Gasteiger partial charge in [-0.25, -0.2) is 0 Å². The molecule has 1 atom stereocenters. The molecule has 1 fully saturated rings. The van der Waals surface area contributed by atoms with Crippen molar-refractivity contribution in [3.63, 3.8) is 0 Å². The van der Waals surface area contributed by atoms with E-state index in [1.54, 1.807) is 6.92 Å². The molecule has 0 amide bonds. The first kappa shape index (κ1) is 12.8. The summed E-state index contributed by atoms with van der Waals surface area (Å²) in [6.07, 6.45) is 2.79. The number of ketones is 1. The monoisotopic (exact) mass is 246 g/mol. The van der Waals surface area contributed by atoms with Crippen LogP contribution < -0.4 is 0 Å². The van der Waals surface area contributed by atoms with E-state index in [0.29, 0.717) is 19.4 Å². The summed E-state index contributed by atoms with van der Waals surface area (Å²) in [6.45, 7) is 2.07. The van der Waals surface area contributed by atoms with Crippen molar-refractivity contribution in [2.75, 3.05) is 6.61 Å². The number of esters is 1. The van der Waals surface area contributed by atoms with Crippen molar-refractivity contribution in [2.24, 2.45) is 0 Å². The van der Waals surface area contributed by atoms with E-state index in [1.165, 1.54) is 0 Å². The van der Waals surface area contributed by atoms with Crippen molar-refractivity contribution in [1.82, 2.24) is 0 Å². The molecular formula is C15H18O3. The zero-order valence-corrected chi connectivity index (χ0v) is 10.6. The maximum atomic E-state index is 12.3. The topological polar surface area (TPSA) is 43.4 Å². The fourth-order valence-corrected chi connectivity index (χ4v) is 2.64. The van der Waals surface area contributed by atoms with Crippen LogP contribution in [0.3, 0.4) is 0 Å². The Kier molecular flexibility index (Phi) is 3.80. The Hall–Kier alpha value is -1.64. The van der Waals surface area contributed by atoms with Gasteiger partial charge in [-0.3, -0.25) is 9.59 Å². The van der Waals surface area contributed by atoms with Gasteiger partial charge in [-0.05, 0) is 25.3 Å². The molecule has 0 bridgehead atoms. The lowest BCUT2D eigenvalue weighted by atomic mass is 9.68. The second-order valence-corrected chi connectivity index (χ2v) is 4.62. The van der Waals surface area contributed by atoms with E-state index in [2.05, 4.69) is 0 Å². The molecule has 1 aromatic rings. The minimum absolute atomic E-state index is 0.00148. The molecule has 3 heteroatoms. The first-order valence-corrected chi connectivity index (χ1v) is 6.48. The molecule has 0 heterocycles. The highest BCUT2D eigenvalue weighted by Crippen LogP contribution is 2.38. The third-order valence-corrected chi connectivity index (χ3v) is 3.57. The highest BCUT2D eigenvalue weighted by atomic mass is 16.5. The molecule has 2 rings (SSSR count). The van der Waals surface area contributed by atoms with E-state index in [4.69, 9.17) is 4.74 Å². The van der Waals surface area contributed by atoms with Crippen molar-refractivity contribution >= 4 is 11.8 Å². The van der Waals surface area contributed by atoms with Crippen LogP contribution in [0.4, 0.5) is 0 Å². The van der Waals surface area contributed by atoms with Gasteiger partial charge in [-0.1, -0.05) is 36.8 Å². The summed E-state index contributed by atoms with van der Waals surface area (Å²) in [6, 6.07) is 9.30. The number of carbonyl (C=O) groups excluding carboxylic acids is 2. The van der Waals surface area contributed by atoms with E-state index < -0.39 is 5.41 Å². The van der Waals surface area contributed by atoms with Gasteiger partial charge in [0.1, 0.15) is 0 Å². The minimum Gasteiger partial charge on any atom is -0.465 e. The van der Waals surface area contributed by atoms with E-state index in [9.17, 15) is 9.59 Å². The van der Waals surface area contributed by atoms with E-state index in [-0.39, 0.29) is 11.8 Å². The number of carbonyl (C=O) groups is 2. The molecule has 0 N–H and O–H groups in total. The van der Waals surface area contributed by atoms with Crippen LogP contribution in [0.15, 0.2) is 30.3 Å². The predicted molar refractivity (Wildman–Crippen MR) is 68.2 cm³/mol. The Balaban J connectivity index is 2.45. The zero-order valence-electron chi connectivity index (χ0n) is 10.6. The first-order valence-electron chi connectivity index (χ1n) is 6.48. The number of hydrogen-bond acceptors (Lipinski definition) is 3. The maximum absolute atomic E-state index is 12.3. The molecule has 1 aromatic carbocycles. The minimum atomic E-state index is -1.06. The number of ether oxygens (including phenoxy) is 1. The normalized spacial score (nSPS) is 23.7. The molecule has 0 radical (unpaired) electrons. The van der Waals surface area contributed by atoms with E-state index in [0.717, 1.165) is 18.4 Å². The molecule has 1 saturated carbocycles. The van der Waals surface area contributed by atoms with Crippen LogP contribution in [0.2, 0.25) is 0 Å². The van der Waals surface area contributed by atoms with Gasteiger partial charge in [-0.15, -0.1) is 0 Å². The largest absolute Gasteiger partial charge is 0.465 e. The molecule has 0 saturated heterocycles. The molecule has 1 aliphatic carbocycles. The second-order valence-electron chi connectivity index (χ2n) is 4.62. The van der Waals surface area contributed by atoms with Gasteiger partial charge in [0.15, 0.2) is 11.2 Å². The van der Waals surface area contributed by atoms with Crippen LogP contribution in [0.5, 0.6) is 0 Å². The number of hydrogen-bond donors (Lipinski definition) is 0. The number of Topliss-reactive ketones (excluding diaryl/α,β-unsaturated/α-hetero) is 1. The van der Waals surface area contributed by atoms with Crippen LogP contribution >= 0.6 is 0 Å². The van der Waals surface area contributed by atoms with Crippen molar-refractivity contribution in [3.8, 4) is 0 Å². The molecule has 3 nitrogen and oxygen atoms in total. The van der Waals surface area contributed by atoms with Gasteiger partial charge < -0.3 is 4.74 Å². The summed E-state index contributed by atoms with van der Waals surface area (Å²) in [5, 5.41) is 0. The summed E-state index contributed by atoms with van der Waals surface area (Å²) < 4.78 is 5.15. The molecule has 0 aliphatic heterocycles. The van der Waals surface area contributed by atoms with Gasteiger partial charge in [-0.2, -0.15) is 0 Å². The highest BCUT2D eigenvalue weighted by Gasteiger charge is 2.49. The zero-order chi connectivity index (χ0) is 13.0. The average molecular weight is 246 g/mol. The Morgan fingerprint density at radius 2 is 2.00 bits per heavy atom. The van der Waals surface area contributed by atoms with Gasteiger partial charge in [0.25, 0.3) is 0 Å². The van der Waals surface area contributed by atoms with Crippen LogP contribution in [0, 0.1) is 0 Å². The maximum Gasteiger partial charge on any atom is 0.324 e. The van der Waals surface area contributed by atoms with Crippen LogP contribution in [0.25, 0.3) is 0 Å². The van der Waals surface area contributed by atoms with Gasteiger partial charge >= 0.3 is 5.97 Å². The fourth-order valence-electron chi connectivity index (χ4n) is 2.64. The molecule has 1 unspecified atom stereocenters. The highest BCUT2D eigenvalue weighted by molar-refractivity contribution is 6.10. The number of benzene rings is 1. The number of rotatable bonds is 3. The average Bonchev–Trinajstić information content (AvgIpc) is 2.41. The molecule has 18 heavy (non-hydrogen) atoms. The standard InChI is InChI=1S/C15H18O3/c1-2-18-14(17)15(11-7-6-10-13(15)16)12-8-4-3-5-9-12/h3-5,8-9H,2,6-7,10-11H2,1H3. The van der Waals surface area contributed by atoms with Crippen molar-refractivity contribution in [1.29, 1.82) is 0 Å². The molecule has 1 aliphatic rings. The third kappa shape index (κ3) is 2.05. The first-order chi connectivity index (χ1) is 8.71. The van der Waals surface area contributed by atoms with Crippen molar-refractivity contribution in [3.05, 3.63) is 35.9 Å². The molecular weight excluding hydrogens is 228 g/mol. The molecule has 0 aromatic heterocycles. The summed E-state index contributed by atoms with van der Waals surface area (Å²) >= 11 is 0. The Bertz CT molecular complexity index is 438. The van der Waals surface area contributed by atoms with E-state index >= 15 is 0 Å². The summed E-state index contributed by atoms with van der Waals surface area (Å²) in [5.41, 5.74) is -0.289. The quantitative estimate of drug-likeness (QED) is 0.608. The van der Waals surface area contributed by atoms with Gasteiger partial charge in [0.05, 0.1) is 6.61 Å². The van der Waals surface area contributed by atoms with Crippen LogP contribution in [-0.4, -0.2) is 18.4 Å². The molecule has 96 valence electrons. The third-order valence-electron chi connectivity index (χ3n) is 3.57. The lowest BCUT2D eigenvalue weighted by Gasteiger charge is -2.33. The fraction of sp³-hybridized carbons (Fsp3) is 0.467. The Labute approximate surface area is 107 Å². The predicted octanol–water partition coefficient (Wildman–Crippen LogP) is 2.63. The smallest absolute Gasteiger partial charge is 0.324 e. The van der Waals surface area contributed by atoms with Crippen molar-refractivity contribution in [2.45, 2.75) is 38.0 Å². The van der Waals surface area contributed by atoms with Crippen LogP contribution in [-0.2, 0) is 19.7 Å². The van der Waals surface area contributed by atoms with E-state index in [1.807, 2.05) is 30.3 Å². The Morgan fingerprint density at radius 1 is 1.28 bits per heavy atom.